The SMILES string of the molecule is c1ccc2c(c1)CCN(CCNC1CCOCC1)CC2. The zero-order chi connectivity index (χ0) is 13.6. The van der Waals surface area contributed by atoms with Crippen molar-refractivity contribution in [1.29, 1.82) is 0 Å². The summed E-state index contributed by atoms with van der Waals surface area (Å²) in [5.41, 5.74) is 3.10. The first kappa shape index (κ1) is 14.1. The van der Waals surface area contributed by atoms with E-state index in [1.54, 1.807) is 11.1 Å². The molecule has 1 aromatic rings. The molecule has 3 heteroatoms. The van der Waals surface area contributed by atoms with E-state index in [1.165, 1.54) is 45.3 Å². The molecule has 2 aliphatic rings. The molecule has 0 amide bonds. The monoisotopic (exact) mass is 274 g/mol. The highest BCUT2D eigenvalue weighted by Gasteiger charge is 2.15. The fraction of sp³-hybridized carbons (Fsp3) is 0.647. The van der Waals surface area contributed by atoms with Gasteiger partial charge in [-0.3, -0.25) is 0 Å². The van der Waals surface area contributed by atoms with E-state index in [9.17, 15) is 0 Å². The van der Waals surface area contributed by atoms with Crippen molar-refractivity contribution < 1.29 is 4.74 Å². The van der Waals surface area contributed by atoms with Crippen molar-refractivity contribution >= 4 is 0 Å². The molecule has 1 fully saturated rings. The fourth-order valence-corrected chi connectivity index (χ4v) is 3.27. The van der Waals surface area contributed by atoms with Crippen LogP contribution in [0.1, 0.15) is 24.0 Å². The maximum Gasteiger partial charge on any atom is 0.0480 e. The second kappa shape index (κ2) is 7.21. The van der Waals surface area contributed by atoms with Crippen LogP contribution in [0.3, 0.4) is 0 Å². The third-order valence-corrected chi connectivity index (χ3v) is 4.60. The minimum atomic E-state index is 0.674. The average Bonchev–Trinajstić information content (AvgIpc) is 2.71. The molecule has 2 aliphatic heterocycles. The Balaban J connectivity index is 1.41. The normalized spacial score (nSPS) is 21.4. The van der Waals surface area contributed by atoms with E-state index in [0.29, 0.717) is 6.04 Å². The number of nitrogens with one attached hydrogen (secondary N) is 1. The Morgan fingerprint density at radius 1 is 1.05 bits per heavy atom. The van der Waals surface area contributed by atoms with Gasteiger partial charge in [-0.1, -0.05) is 24.3 Å². The van der Waals surface area contributed by atoms with Gasteiger partial charge in [0.05, 0.1) is 0 Å². The largest absolute Gasteiger partial charge is 0.381 e. The quantitative estimate of drug-likeness (QED) is 0.907. The Hall–Kier alpha value is -0.900. The molecule has 0 saturated carbocycles. The zero-order valence-electron chi connectivity index (χ0n) is 12.3. The van der Waals surface area contributed by atoms with Gasteiger partial charge in [-0.05, 0) is 36.8 Å². The molecule has 0 aliphatic carbocycles. The lowest BCUT2D eigenvalue weighted by molar-refractivity contribution is 0.0772. The molecule has 0 spiro atoms. The number of nitrogens with zero attached hydrogens (tertiary/aromatic N) is 1. The van der Waals surface area contributed by atoms with Crippen molar-refractivity contribution in [3.8, 4) is 0 Å². The Labute approximate surface area is 122 Å². The molecule has 1 N–H and O–H groups in total. The maximum atomic E-state index is 5.40. The molecule has 3 rings (SSSR count). The van der Waals surface area contributed by atoms with Crippen molar-refractivity contribution in [2.75, 3.05) is 39.4 Å². The molecular formula is C17H26N2O. The Kier molecular flexibility index (Phi) is 5.06. The number of hydrogen-bond acceptors (Lipinski definition) is 3. The van der Waals surface area contributed by atoms with E-state index in [0.717, 1.165) is 19.8 Å². The van der Waals surface area contributed by atoms with Gasteiger partial charge in [0.15, 0.2) is 0 Å². The molecule has 1 saturated heterocycles. The lowest BCUT2D eigenvalue weighted by Crippen LogP contribution is -2.40. The fourth-order valence-electron chi connectivity index (χ4n) is 3.27. The van der Waals surface area contributed by atoms with Crippen LogP contribution in [0.25, 0.3) is 0 Å². The van der Waals surface area contributed by atoms with Crippen LogP contribution < -0.4 is 5.32 Å². The van der Waals surface area contributed by atoms with Crippen LogP contribution in [-0.4, -0.2) is 50.3 Å². The van der Waals surface area contributed by atoms with Crippen LogP contribution in [-0.2, 0) is 17.6 Å². The number of benzene rings is 1. The Morgan fingerprint density at radius 3 is 2.35 bits per heavy atom. The number of ether oxygens (including phenoxy) is 1. The summed E-state index contributed by atoms with van der Waals surface area (Å²) in [4.78, 5) is 2.60. The number of fused-ring (bicyclic) bond motifs is 1. The van der Waals surface area contributed by atoms with Gasteiger partial charge >= 0.3 is 0 Å². The molecule has 0 aromatic heterocycles. The summed E-state index contributed by atoms with van der Waals surface area (Å²) in [6.45, 7) is 6.54. The minimum absolute atomic E-state index is 0.674. The van der Waals surface area contributed by atoms with Crippen LogP contribution in [0, 0.1) is 0 Å². The zero-order valence-corrected chi connectivity index (χ0v) is 12.3. The standard InChI is InChI=1S/C17H26N2O/c1-2-4-16-6-11-19(10-5-15(16)3-1)12-9-18-17-7-13-20-14-8-17/h1-4,17-18H,5-14H2. The van der Waals surface area contributed by atoms with Gasteiger partial charge < -0.3 is 15.0 Å². The van der Waals surface area contributed by atoms with E-state index in [4.69, 9.17) is 4.74 Å². The average molecular weight is 274 g/mol. The Morgan fingerprint density at radius 2 is 1.70 bits per heavy atom. The molecule has 110 valence electrons. The van der Waals surface area contributed by atoms with Crippen LogP contribution >= 0.6 is 0 Å². The predicted molar refractivity (Wildman–Crippen MR) is 82.1 cm³/mol. The molecule has 0 unspecified atom stereocenters. The second-order valence-corrected chi connectivity index (χ2v) is 5.95. The molecular weight excluding hydrogens is 248 g/mol. The van der Waals surface area contributed by atoms with Crippen molar-refractivity contribution in [3.63, 3.8) is 0 Å². The van der Waals surface area contributed by atoms with Crippen LogP contribution in [0.4, 0.5) is 0 Å². The highest BCUT2D eigenvalue weighted by molar-refractivity contribution is 5.28. The summed E-state index contributed by atoms with van der Waals surface area (Å²) in [7, 11) is 0. The van der Waals surface area contributed by atoms with Gasteiger partial charge in [0.1, 0.15) is 0 Å². The van der Waals surface area contributed by atoms with Gasteiger partial charge in [0.25, 0.3) is 0 Å². The molecule has 20 heavy (non-hydrogen) atoms. The smallest absolute Gasteiger partial charge is 0.0480 e. The molecule has 0 bridgehead atoms. The number of rotatable bonds is 4. The van der Waals surface area contributed by atoms with Gasteiger partial charge in [-0.25, -0.2) is 0 Å². The highest BCUT2D eigenvalue weighted by atomic mass is 16.5. The van der Waals surface area contributed by atoms with Crippen molar-refractivity contribution in [3.05, 3.63) is 35.4 Å². The summed E-state index contributed by atoms with van der Waals surface area (Å²) >= 11 is 0. The van der Waals surface area contributed by atoms with Crippen molar-refractivity contribution in [2.24, 2.45) is 0 Å². The van der Waals surface area contributed by atoms with E-state index < -0.39 is 0 Å². The third kappa shape index (κ3) is 3.81. The van der Waals surface area contributed by atoms with E-state index >= 15 is 0 Å². The van der Waals surface area contributed by atoms with Gasteiger partial charge in [-0.2, -0.15) is 0 Å². The summed E-state index contributed by atoms with van der Waals surface area (Å²) in [5, 5.41) is 3.69. The highest BCUT2D eigenvalue weighted by Crippen LogP contribution is 2.15. The molecule has 0 atom stereocenters. The van der Waals surface area contributed by atoms with E-state index in [-0.39, 0.29) is 0 Å². The summed E-state index contributed by atoms with van der Waals surface area (Å²) in [6, 6.07) is 9.59. The first-order chi connectivity index (χ1) is 9.92. The second-order valence-electron chi connectivity index (χ2n) is 5.95. The first-order valence-electron chi connectivity index (χ1n) is 8.02. The molecule has 2 heterocycles. The number of hydrogen-bond donors (Lipinski definition) is 1. The summed E-state index contributed by atoms with van der Waals surface area (Å²) < 4.78 is 5.40. The predicted octanol–water partition coefficient (Wildman–Crippen LogP) is 1.86. The van der Waals surface area contributed by atoms with E-state index in [1.807, 2.05) is 0 Å². The first-order valence-corrected chi connectivity index (χ1v) is 8.02. The lowest BCUT2D eigenvalue weighted by atomic mass is 10.0. The van der Waals surface area contributed by atoms with Crippen molar-refractivity contribution in [2.45, 2.75) is 31.7 Å². The maximum absolute atomic E-state index is 5.40. The summed E-state index contributed by atoms with van der Waals surface area (Å²) in [6.07, 6.45) is 4.75. The molecule has 1 aromatic carbocycles. The van der Waals surface area contributed by atoms with Gasteiger partial charge in [-0.15, -0.1) is 0 Å². The minimum Gasteiger partial charge on any atom is -0.381 e. The molecule has 3 nitrogen and oxygen atoms in total. The van der Waals surface area contributed by atoms with Gasteiger partial charge in [0.2, 0.25) is 0 Å². The van der Waals surface area contributed by atoms with Crippen LogP contribution in [0.5, 0.6) is 0 Å². The van der Waals surface area contributed by atoms with E-state index in [2.05, 4.69) is 34.5 Å². The van der Waals surface area contributed by atoms with Crippen LogP contribution in [0.2, 0.25) is 0 Å². The summed E-state index contributed by atoms with van der Waals surface area (Å²) in [5.74, 6) is 0. The topological polar surface area (TPSA) is 24.5 Å². The third-order valence-electron chi connectivity index (χ3n) is 4.60. The van der Waals surface area contributed by atoms with Gasteiger partial charge in [0, 0.05) is 45.4 Å². The van der Waals surface area contributed by atoms with Crippen LogP contribution in [0.15, 0.2) is 24.3 Å². The Bertz CT molecular complexity index is 388. The van der Waals surface area contributed by atoms with Crippen molar-refractivity contribution in [1.82, 2.24) is 10.2 Å². The molecule has 0 radical (unpaired) electrons. The lowest BCUT2D eigenvalue weighted by Gasteiger charge is -2.25.